The average molecular weight is 519 g/mol. The number of nitrogens with one attached hydrogen (secondary N) is 1. The first kappa shape index (κ1) is 26.7. The summed E-state index contributed by atoms with van der Waals surface area (Å²) in [5.41, 5.74) is 2.06. The summed E-state index contributed by atoms with van der Waals surface area (Å²) in [5.74, 6) is 1.28. The number of hydrogen-bond acceptors (Lipinski definition) is 4. The van der Waals surface area contributed by atoms with Gasteiger partial charge in [-0.1, -0.05) is 45.9 Å². The predicted molar refractivity (Wildman–Crippen MR) is 135 cm³/mol. The minimum Gasteiger partial charge on any atom is -0.497 e. The van der Waals surface area contributed by atoms with Crippen LogP contribution < -0.4 is 14.8 Å². The van der Waals surface area contributed by atoms with Crippen LogP contribution in [0.1, 0.15) is 57.6 Å². The zero-order chi connectivity index (χ0) is 24.4. The molecule has 2 aromatic carbocycles. The Morgan fingerprint density at radius 2 is 1.88 bits per heavy atom. The van der Waals surface area contributed by atoms with Crippen LogP contribution in [0.3, 0.4) is 0 Å². The lowest BCUT2D eigenvalue weighted by Crippen LogP contribution is -2.50. The van der Waals surface area contributed by atoms with Gasteiger partial charge in [-0.25, -0.2) is 0 Å². The molecule has 0 unspecified atom stereocenters. The van der Waals surface area contributed by atoms with Gasteiger partial charge >= 0.3 is 0 Å². The normalized spacial score (nSPS) is 11.7. The highest BCUT2D eigenvalue weighted by atomic mass is 79.9. The van der Waals surface area contributed by atoms with E-state index in [0.29, 0.717) is 30.4 Å². The molecule has 7 heteroatoms. The molecule has 1 N–H and O–H groups in total. The maximum Gasteiger partial charge on any atom is 0.261 e. The van der Waals surface area contributed by atoms with Crippen molar-refractivity contribution in [2.75, 3.05) is 20.3 Å². The number of methoxy groups -OCH3 is 1. The summed E-state index contributed by atoms with van der Waals surface area (Å²) < 4.78 is 12.0. The lowest BCUT2D eigenvalue weighted by molar-refractivity contribution is -0.143. The van der Waals surface area contributed by atoms with Crippen LogP contribution in [0.25, 0.3) is 0 Å². The van der Waals surface area contributed by atoms with E-state index in [1.165, 1.54) is 5.56 Å². The van der Waals surface area contributed by atoms with Gasteiger partial charge in [-0.05, 0) is 70.1 Å². The molecule has 0 aromatic heterocycles. The number of amides is 2. The fourth-order valence-electron chi connectivity index (χ4n) is 3.47. The molecule has 6 nitrogen and oxygen atoms in total. The number of carbonyl (C=O) groups is 2. The molecule has 180 valence electrons. The molecule has 0 bridgehead atoms. The predicted octanol–water partition coefficient (Wildman–Crippen LogP) is 5.29. The van der Waals surface area contributed by atoms with Gasteiger partial charge in [0, 0.05) is 13.1 Å². The van der Waals surface area contributed by atoms with E-state index in [0.717, 1.165) is 16.5 Å². The Balaban J connectivity index is 2.23. The number of halogens is 1. The first-order valence-electron chi connectivity index (χ1n) is 11.4. The first-order chi connectivity index (χ1) is 15.8. The molecule has 0 spiro atoms. The van der Waals surface area contributed by atoms with Crippen molar-refractivity contribution < 1.29 is 19.1 Å². The number of hydrogen-bond donors (Lipinski definition) is 1. The van der Waals surface area contributed by atoms with Crippen molar-refractivity contribution in [2.24, 2.45) is 0 Å². The summed E-state index contributed by atoms with van der Waals surface area (Å²) in [5, 5.41) is 2.92. The zero-order valence-electron chi connectivity index (χ0n) is 20.2. The summed E-state index contributed by atoms with van der Waals surface area (Å²) in [6.07, 6.45) is 1.33. The number of ether oxygens (including phenoxy) is 2. The molecule has 0 heterocycles. The topological polar surface area (TPSA) is 67.9 Å². The lowest BCUT2D eigenvalue weighted by Gasteiger charge is -2.30. The average Bonchev–Trinajstić information content (AvgIpc) is 2.81. The van der Waals surface area contributed by atoms with Gasteiger partial charge in [-0.3, -0.25) is 9.59 Å². The molecule has 0 fully saturated rings. The third kappa shape index (κ3) is 7.77. The number of rotatable bonds is 12. The molecule has 0 aliphatic rings. The minimum atomic E-state index is -0.592. The van der Waals surface area contributed by atoms with Gasteiger partial charge in [0.05, 0.1) is 11.6 Å². The van der Waals surface area contributed by atoms with E-state index in [1.807, 2.05) is 56.3 Å². The molecule has 0 aliphatic heterocycles. The smallest absolute Gasteiger partial charge is 0.261 e. The summed E-state index contributed by atoms with van der Waals surface area (Å²) in [7, 11) is 1.60. The van der Waals surface area contributed by atoms with E-state index < -0.39 is 6.04 Å². The zero-order valence-corrected chi connectivity index (χ0v) is 21.8. The molecule has 2 amide bonds. The summed E-state index contributed by atoms with van der Waals surface area (Å²) in [6, 6.07) is 12.8. The lowest BCUT2D eigenvalue weighted by atomic mass is 10.0. The Labute approximate surface area is 205 Å². The van der Waals surface area contributed by atoms with Crippen molar-refractivity contribution in [1.29, 1.82) is 0 Å². The monoisotopic (exact) mass is 518 g/mol. The van der Waals surface area contributed by atoms with Crippen molar-refractivity contribution in [3.63, 3.8) is 0 Å². The fraction of sp³-hybridized carbons (Fsp3) is 0.462. The highest BCUT2D eigenvalue weighted by Gasteiger charge is 2.29. The second kappa shape index (κ2) is 13.2. The van der Waals surface area contributed by atoms with Gasteiger partial charge in [-0.15, -0.1) is 0 Å². The van der Waals surface area contributed by atoms with Crippen molar-refractivity contribution in [3.05, 3.63) is 58.1 Å². The maximum absolute atomic E-state index is 13.3. The summed E-state index contributed by atoms with van der Waals surface area (Å²) in [4.78, 5) is 27.8. The second-order valence-electron chi connectivity index (χ2n) is 8.22. The third-order valence-electron chi connectivity index (χ3n) is 5.40. The van der Waals surface area contributed by atoms with Crippen LogP contribution in [0.5, 0.6) is 11.5 Å². The van der Waals surface area contributed by atoms with Crippen LogP contribution in [0.4, 0.5) is 0 Å². The van der Waals surface area contributed by atoms with E-state index >= 15 is 0 Å². The standard InChI is InChI=1S/C26H35BrN2O4/c1-6-13-28-26(31)23(7-2)29(16-19-9-8-10-21(14-19)32-5)25(30)17-33-24-12-11-20(18(3)4)15-22(24)27/h8-12,14-15,18,23H,6-7,13,16-17H2,1-5H3,(H,28,31)/t23-/m0/s1. The van der Waals surface area contributed by atoms with Crippen LogP contribution in [-0.4, -0.2) is 43.0 Å². The quantitative estimate of drug-likeness (QED) is 0.414. The van der Waals surface area contributed by atoms with Crippen LogP contribution in [0.15, 0.2) is 46.9 Å². The summed E-state index contributed by atoms with van der Waals surface area (Å²) >= 11 is 3.54. The van der Waals surface area contributed by atoms with Crippen molar-refractivity contribution in [2.45, 2.75) is 59.0 Å². The van der Waals surface area contributed by atoms with E-state index in [2.05, 4.69) is 35.1 Å². The minimum absolute atomic E-state index is 0.155. The number of benzene rings is 2. The van der Waals surface area contributed by atoms with Crippen molar-refractivity contribution >= 4 is 27.7 Å². The Morgan fingerprint density at radius 1 is 1.12 bits per heavy atom. The molecule has 0 saturated heterocycles. The molecule has 0 saturated carbocycles. The van der Waals surface area contributed by atoms with Crippen LogP contribution in [0.2, 0.25) is 0 Å². The van der Waals surface area contributed by atoms with E-state index in [-0.39, 0.29) is 25.0 Å². The van der Waals surface area contributed by atoms with E-state index in [4.69, 9.17) is 9.47 Å². The maximum atomic E-state index is 13.3. The molecule has 33 heavy (non-hydrogen) atoms. The van der Waals surface area contributed by atoms with Gasteiger partial charge in [0.25, 0.3) is 5.91 Å². The third-order valence-corrected chi connectivity index (χ3v) is 6.02. The number of nitrogens with zero attached hydrogens (tertiary/aromatic N) is 1. The van der Waals surface area contributed by atoms with Gasteiger partial charge < -0.3 is 19.7 Å². The van der Waals surface area contributed by atoms with Gasteiger partial charge in [0.15, 0.2) is 6.61 Å². The highest BCUT2D eigenvalue weighted by Crippen LogP contribution is 2.29. The molecular formula is C26H35BrN2O4. The Hall–Kier alpha value is -2.54. The number of carbonyl (C=O) groups excluding carboxylic acids is 2. The molecular weight excluding hydrogens is 484 g/mol. The molecule has 1 atom stereocenters. The Bertz CT molecular complexity index is 932. The largest absolute Gasteiger partial charge is 0.497 e. The van der Waals surface area contributed by atoms with Crippen LogP contribution >= 0.6 is 15.9 Å². The van der Waals surface area contributed by atoms with Gasteiger partial charge in [0.1, 0.15) is 17.5 Å². The van der Waals surface area contributed by atoms with E-state index in [1.54, 1.807) is 12.0 Å². The van der Waals surface area contributed by atoms with Gasteiger partial charge in [-0.2, -0.15) is 0 Å². The first-order valence-corrected chi connectivity index (χ1v) is 12.2. The second-order valence-corrected chi connectivity index (χ2v) is 9.08. The van der Waals surface area contributed by atoms with Crippen molar-refractivity contribution in [1.82, 2.24) is 10.2 Å². The fourth-order valence-corrected chi connectivity index (χ4v) is 3.98. The Kier molecular flexibility index (Phi) is 10.7. The van der Waals surface area contributed by atoms with Crippen molar-refractivity contribution in [3.8, 4) is 11.5 Å². The molecule has 0 aliphatic carbocycles. The van der Waals surface area contributed by atoms with Crippen LogP contribution in [0, 0.1) is 0 Å². The Morgan fingerprint density at radius 3 is 2.48 bits per heavy atom. The summed E-state index contributed by atoms with van der Waals surface area (Å²) in [6.45, 7) is 8.84. The highest BCUT2D eigenvalue weighted by molar-refractivity contribution is 9.10. The van der Waals surface area contributed by atoms with Gasteiger partial charge in [0.2, 0.25) is 5.91 Å². The van der Waals surface area contributed by atoms with Crippen LogP contribution in [-0.2, 0) is 16.1 Å². The molecule has 0 radical (unpaired) electrons. The SMILES string of the molecule is CCCNC(=O)[C@H](CC)N(Cc1cccc(OC)c1)C(=O)COc1ccc(C(C)C)cc1Br. The molecule has 2 aromatic rings. The van der Waals surface area contributed by atoms with E-state index in [9.17, 15) is 9.59 Å². The molecule has 2 rings (SSSR count).